The van der Waals surface area contributed by atoms with E-state index in [2.05, 4.69) is 10.0 Å². The fourth-order valence-corrected chi connectivity index (χ4v) is 3.86. The molecule has 0 saturated carbocycles. The lowest BCUT2D eigenvalue weighted by molar-refractivity contribution is 0.245. The molecule has 0 aliphatic carbocycles. The molecule has 2 N–H and O–H groups in total. The van der Waals surface area contributed by atoms with Gasteiger partial charge in [0.1, 0.15) is 5.75 Å². The molecule has 7 heteroatoms. The van der Waals surface area contributed by atoms with Crippen molar-refractivity contribution in [3.63, 3.8) is 0 Å². The van der Waals surface area contributed by atoms with Crippen molar-refractivity contribution < 1.29 is 17.9 Å². The molecule has 144 valence electrons. The molecule has 0 radical (unpaired) electrons. The van der Waals surface area contributed by atoms with Gasteiger partial charge in [-0.25, -0.2) is 17.9 Å². The molecular weight excluding hydrogens is 376 g/mol. The number of urea groups is 1. The molecule has 0 aliphatic rings. The molecule has 0 aliphatic heterocycles. The van der Waals surface area contributed by atoms with Crippen molar-refractivity contribution in [2.24, 2.45) is 0 Å². The number of carbonyl (C=O) groups is 1. The third kappa shape index (κ3) is 4.69. The summed E-state index contributed by atoms with van der Waals surface area (Å²) in [5, 5.41) is 2.55. The Bertz CT molecular complexity index is 1050. The molecule has 0 saturated heterocycles. The van der Waals surface area contributed by atoms with Gasteiger partial charge in [-0.3, -0.25) is 0 Å². The summed E-state index contributed by atoms with van der Waals surface area (Å²) in [5.41, 5.74) is 2.10. The molecule has 3 rings (SSSR count). The summed E-state index contributed by atoms with van der Waals surface area (Å²) in [6.45, 7) is 0.186. The summed E-state index contributed by atoms with van der Waals surface area (Å²) in [7, 11) is -2.47. The summed E-state index contributed by atoms with van der Waals surface area (Å²) < 4.78 is 32.6. The normalized spacial score (nSPS) is 10.9. The topological polar surface area (TPSA) is 84.5 Å². The second-order valence-electron chi connectivity index (χ2n) is 6.00. The number of amides is 2. The van der Waals surface area contributed by atoms with Crippen LogP contribution in [0.4, 0.5) is 4.79 Å². The van der Waals surface area contributed by atoms with Crippen molar-refractivity contribution in [3.05, 3.63) is 84.4 Å². The van der Waals surface area contributed by atoms with Crippen LogP contribution in [0.1, 0.15) is 5.56 Å². The van der Waals surface area contributed by atoms with E-state index in [1.165, 1.54) is 6.07 Å². The SMILES string of the molecule is COc1ccc(CNC(=O)NS(=O)(=O)c2ccccc2-c2ccccc2)cc1. The highest BCUT2D eigenvalue weighted by Crippen LogP contribution is 2.26. The minimum absolute atomic E-state index is 0.0424. The summed E-state index contributed by atoms with van der Waals surface area (Å²) in [6.07, 6.45) is 0. The molecule has 0 fully saturated rings. The van der Waals surface area contributed by atoms with Gasteiger partial charge in [0.25, 0.3) is 10.0 Å². The van der Waals surface area contributed by atoms with E-state index in [9.17, 15) is 13.2 Å². The van der Waals surface area contributed by atoms with Gasteiger partial charge >= 0.3 is 6.03 Å². The van der Waals surface area contributed by atoms with Gasteiger partial charge in [0.2, 0.25) is 0 Å². The molecule has 0 unspecified atom stereocenters. The van der Waals surface area contributed by atoms with E-state index in [-0.39, 0.29) is 11.4 Å². The van der Waals surface area contributed by atoms with Crippen LogP contribution < -0.4 is 14.8 Å². The number of hydrogen-bond donors (Lipinski definition) is 2. The maximum Gasteiger partial charge on any atom is 0.328 e. The highest BCUT2D eigenvalue weighted by atomic mass is 32.2. The number of nitrogens with one attached hydrogen (secondary N) is 2. The van der Waals surface area contributed by atoms with Gasteiger partial charge in [-0.15, -0.1) is 0 Å². The molecule has 6 nitrogen and oxygen atoms in total. The molecule has 3 aromatic carbocycles. The molecular formula is C21H20N2O4S. The predicted octanol–water partition coefficient (Wildman–Crippen LogP) is 3.55. The highest BCUT2D eigenvalue weighted by Gasteiger charge is 2.21. The highest BCUT2D eigenvalue weighted by molar-refractivity contribution is 7.90. The summed E-state index contributed by atoms with van der Waals surface area (Å²) in [4.78, 5) is 12.2. The lowest BCUT2D eigenvalue weighted by atomic mass is 10.1. The summed E-state index contributed by atoms with van der Waals surface area (Å²) in [5.74, 6) is 0.702. The van der Waals surface area contributed by atoms with E-state index in [4.69, 9.17) is 4.74 Å². The maximum absolute atomic E-state index is 12.7. The Hall–Kier alpha value is -3.32. The Balaban J connectivity index is 1.72. The average molecular weight is 396 g/mol. The Morgan fingerprint density at radius 2 is 1.54 bits per heavy atom. The van der Waals surface area contributed by atoms with E-state index in [1.54, 1.807) is 49.6 Å². The van der Waals surface area contributed by atoms with Crippen LogP contribution in [-0.2, 0) is 16.6 Å². The Morgan fingerprint density at radius 1 is 0.893 bits per heavy atom. The Morgan fingerprint density at radius 3 is 2.21 bits per heavy atom. The standard InChI is InChI=1S/C21H20N2O4S/c1-27-18-13-11-16(12-14-18)15-22-21(24)23-28(25,26)20-10-6-5-9-19(20)17-7-3-2-4-8-17/h2-14H,15H2,1H3,(H2,22,23,24). The molecule has 0 atom stereocenters. The minimum Gasteiger partial charge on any atom is -0.497 e. The second-order valence-corrected chi connectivity index (χ2v) is 7.65. The Kier molecular flexibility index (Phi) is 5.96. The molecule has 3 aromatic rings. The van der Waals surface area contributed by atoms with Crippen LogP contribution in [0.5, 0.6) is 5.75 Å². The smallest absolute Gasteiger partial charge is 0.328 e. The van der Waals surface area contributed by atoms with E-state index < -0.39 is 16.1 Å². The fraction of sp³-hybridized carbons (Fsp3) is 0.0952. The lowest BCUT2D eigenvalue weighted by Gasteiger charge is -2.12. The number of ether oxygens (including phenoxy) is 1. The number of rotatable bonds is 6. The first-order chi connectivity index (χ1) is 13.5. The fourth-order valence-electron chi connectivity index (χ4n) is 2.70. The molecule has 0 spiro atoms. The van der Waals surface area contributed by atoms with Crippen LogP contribution in [0.3, 0.4) is 0 Å². The van der Waals surface area contributed by atoms with Gasteiger partial charge in [-0.1, -0.05) is 60.7 Å². The third-order valence-corrected chi connectivity index (χ3v) is 5.49. The van der Waals surface area contributed by atoms with Crippen molar-refractivity contribution in [1.29, 1.82) is 0 Å². The van der Waals surface area contributed by atoms with E-state index in [1.807, 2.05) is 30.3 Å². The summed E-state index contributed by atoms with van der Waals surface area (Å²) in [6, 6.07) is 22.0. The van der Waals surface area contributed by atoms with Crippen LogP contribution in [0, 0.1) is 0 Å². The third-order valence-electron chi connectivity index (χ3n) is 4.10. The maximum atomic E-state index is 12.7. The van der Waals surface area contributed by atoms with E-state index in [0.29, 0.717) is 11.3 Å². The predicted molar refractivity (Wildman–Crippen MR) is 107 cm³/mol. The summed E-state index contributed by atoms with van der Waals surface area (Å²) >= 11 is 0. The van der Waals surface area contributed by atoms with Gasteiger partial charge in [0.05, 0.1) is 12.0 Å². The van der Waals surface area contributed by atoms with Crippen molar-refractivity contribution in [2.45, 2.75) is 11.4 Å². The number of benzene rings is 3. The first-order valence-corrected chi connectivity index (χ1v) is 10.1. The van der Waals surface area contributed by atoms with Crippen LogP contribution in [-0.4, -0.2) is 21.6 Å². The molecule has 2 amide bonds. The largest absolute Gasteiger partial charge is 0.497 e. The quantitative estimate of drug-likeness (QED) is 0.667. The number of sulfonamides is 1. The van der Waals surface area contributed by atoms with Gasteiger partial charge in [0.15, 0.2) is 0 Å². The average Bonchev–Trinajstić information content (AvgIpc) is 2.73. The van der Waals surface area contributed by atoms with Crippen LogP contribution in [0.15, 0.2) is 83.8 Å². The van der Waals surface area contributed by atoms with Crippen LogP contribution in [0.2, 0.25) is 0 Å². The molecule has 0 bridgehead atoms. The minimum atomic E-state index is -4.04. The molecule has 0 aromatic heterocycles. The monoisotopic (exact) mass is 396 g/mol. The van der Waals surface area contributed by atoms with Crippen molar-refractivity contribution >= 4 is 16.1 Å². The number of carbonyl (C=O) groups excluding carboxylic acids is 1. The van der Waals surface area contributed by atoms with Crippen molar-refractivity contribution in [1.82, 2.24) is 10.0 Å². The van der Waals surface area contributed by atoms with Crippen LogP contribution in [0.25, 0.3) is 11.1 Å². The van der Waals surface area contributed by atoms with Gasteiger partial charge < -0.3 is 10.1 Å². The van der Waals surface area contributed by atoms with E-state index >= 15 is 0 Å². The van der Waals surface area contributed by atoms with E-state index in [0.717, 1.165) is 11.1 Å². The van der Waals surface area contributed by atoms with Crippen molar-refractivity contribution in [3.8, 4) is 16.9 Å². The Labute approximate surface area is 164 Å². The number of methoxy groups -OCH3 is 1. The number of hydrogen-bond acceptors (Lipinski definition) is 4. The first-order valence-electron chi connectivity index (χ1n) is 8.57. The van der Waals surface area contributed by atoms with Gasteiger partial charge in [-0.2, -0.15) is 0 Å². The zero-order valence-corrected chi connectivity index (χ0v) is 16.1. The zero-order valence-electron chi connectivity index (χ0n) is 15.3. The first kappa shape index (κ1) is 19.4. The van der Waals surface area contributed by atoms with Crippen LogP contribution >= 0.6 is 0 Å². The zero-order chi connectivity index (χ0) is 20.0. The lowest BCUT2D eigenvalue weighted by Crippen LogP contribution is -2.39. The molecule has 0 heterocycles. The van der Waals surface area contributed by atoms with Gasteiger partial charge in [-0.05, 0) is 29.3 Å². The molecule has 28 heavy (non-hydrogen) atoms. The van der Waals surface area contributed by atoms with Crippen molar-refractivity contribution in [2.75, 3.05) is 7.11 Å². The second kappa shape index (κ2) is 8.58. The van der Waals surface area contributed by atoms with Gasteiger partial charge in [0, 0.05) is 12.1 Å².